The fourth-order valence-electron chi connectivity index (χ4n) is 7.92. The molecule has 4 N–H and O–H groups in total. The Bertz CT molecular complexity index is 2120. The smallest absolute Gasteiger partial charge is 0.463 e. The molecular formula is C69H114O16P2. The standard InChI is InChI=1S/C69H114O16P2/c1-4-7-10-13-16-19-22-25-27-29-30-31-32-34-36-38-40-43-46-49-52-55-67(72)79-58-64(70)59-81-86(75,76)82-60-65(71)61-83-87(77,78)84-63-66(85-69(74)57-54-51-48-45-42-37-24-21-18-15-12-9-6-3)62-80-68(73)56-53-50-47-44-41-39-35-33-28-26-23-20-17-14-11-8-5-2/h7-8,10-12,15-17,19-21,24-28,30-31,34,36,40,43,64-66,70-71H,4-6,9,13-14,18,22-23,29,32-33,35,37-39,41-42,44-63H2,1-3H3,(H,75,76)(H,77,78)/b10-7-,11-8-,15-12-,19-16-,20-17-,24-21-,27-25-,28-26-,31-30-,36-34-,43-40-. The molecule has 87 heavy (non-hydrogen) atoms. The van der Waals surface area contributed by atoms with Crippen molar-refractivity contribution in [1.29, 1.82) is 0 Å². The van der Waals surface area contributed by atoms with Gasteiger partial charge in [0, 0.05) is 19.3 Å². The number of hydrogen-bond donors (Lipinski definition) is 4. The molecule has 0 saturated heterocycles. The second-order valence-electron chi connectivity index (χ2n) is 21.1. The monoisotopic (exact) mass is 1260 g/mol. The van der Waals surface area contributed by atoms with Crippen molar-refractivity contribution in [3.8, 4) is 0 Å². The normalized spacial score (nSPS) is 15.2. The summed E-state index contributed by atoms with van der Waals surface area (Å²) in [6.07, 6.45) is 70.8. The van der Waals surface area contributed by atoms with Crippen LogP contribution in [-0.4, -0.2) is 95.9 Å². The van der Waals surface area contributed by atoms with Crippen molar-refractivity contribution in [2.24, 2.45) is 0 Å². The van der Waals surface area contributed by atoms with Crippen LogP contribution in [0.1, 0.15) is 226 Å². The molecule has 0 bridgehead atoms. The number of carbonyl (C=O) groups excluding carboxylic acids is 3. The van der Waals surface area contributed by atoms with Crippen LogP contribution in [0, 0.1) is 0 Å². The van der Waals surface area contributed by atoms with Gasteiger partial charge in [-0.3, -0.25) is 32.5 Å². The Kier molecular flexibility index (Phi) is 58.8. The summed E-state index contributed by atoms with van der Waals surface area (Å²) in [7, 11) is -9.80. The van der Waals surface area contributed by atoms with Gasteiger partial charge in [0.2, 0.25) is 0 Å². The molecule has 16 nitrogen and oxygen atoms in total. The van der Waals surface area contributed by atoms with Gasteiger partial charge in [-0.25, -0.2) is 9.13 Å². The molecule has 0 aliphatic rings. The Balaban J connectivity index is 4.70. The van der Waals surface area contributed by atoms with Gasteiger partial charge < -0.3 is 34.2 Å². The molecule has 5 unspecified atom stereocenters. The van der Waals surface area contributed by atoms with Gasteiger partial charge in [-0.15, -0.1) is 0 Å². The fourth-order valence-corrected chi connectivity index (χ4v) is 9.50. The van der Waals surface area contributed by atoms with E-state index in [9.17, 15) is 43.5 Å². The van der Waals surface area contributed by atoms with Crippen molar-refractivity contribution in [3.63, 3.8) is 0 Å². The zero-order valence-electron chi connectivity index (χ0n) is 53.4. The minimum atomic E-state index is -4.93. The highest BCUT2D eigenvalue weighted by atomic mass is 31.2. The number of aliphatic hydroxyl groups excluding tert-OH is 2. The van der Waals surface area contributed by atoms with Crippen LogP contribution in [0.2, 0.25) is 0 Å². The Morgan fingerprint density at radius 3 is 0.989 bits per heavy atom. The van der Waals surface area contributed by atoms with E-state index in [-0.39, 0.29) is 19.3 Å². The van der Waals surface area contributed by atoms with Gasteiger partial charge in [0.05, 0.1) is 26.4 Å². The van der Waals surface area contributed by atoms with Crippen LogP contribution in [0.25, 0.3) is 0 Å². The Morgan fingerprint density at radius 1 is 0.333 bits per heavy atom. The number of unbranched alkanes of at least 4 members (excludes halogenated alkanes) is 15. The average Bonchev–Trinajstić information content (AvgIpc) is 3.69. The molecule has 0 aliphatic carbocycles. The molecular weight excluding hydrogens is 1150 g/mol. The number of phosphoric ester groups is 2. The van der Waals surface area contributed by atoms with Crippen LogP contribution in [0.4, 0.5) is 0 Å². The van der Waals surface area contributed by atoms with E-state index in [4.69, 9.17) is 32.3 Å². The highest BCUT2D eigenvalue weighted by Crippen LogP contribution is 2.45. The van der Waals surface area contributed by atoms with E-state index in [2.05, 4.69) is 154 Å². The lowest BCUT2D eigenvalue weighted by molar-refractivity contribution is -0.161. The van der Waals surface area contributed by atoms with Crippen LogP contribution in [0.15, 0.2) is 134 Å². The van der Waals surface area contributed by atoms with Gasteiger partial charge >= 0.3 is 33.6 Å². The highest BCUT2D eigenvalue weighted by molar-refractivity contribution is 7.47. The van der Waals surface area contributed by atoms with Crippen LogP contribution in [0.5, 0.6) is 0 Å². The van der Waals surface area contributed by atoms with Gasteiger partial charge in [-0.05, 0) is 128 Å². The summed E-state index contributed by atoms with van der Waals surface area (Å²) in [4.78, 5) is 58.2. The molecule has 0 heterocycles. The molecule has 0 rings (SSSR count). The largest absolute Gasteiger partial charge is 0.472 e. The first-order valence-electron chi connectivity index (χ1n) is 32.5. The first kappa shape index (κ1) is 82.7. The maximum atomic E-state index is 12.9. The minimum Gasteiger partial charge on any atom is -0.463 e. The second kappa shape index (κ2) is 61.9. The van der Waals surface area contributed by atoms with E-state index in [1.54, 1.807) is 0 Å². The summed E-state index contributed by atoms with van der Waals surface area (Å²) in [6, 6.07) is 0. The molecule has 18 heteroatoms. The lowest BCUT2D eigenvalue weighted by Gasteiger charge is -2.21. The molecule has 0 spiro atoms. The van der Waals surface area contributed by atoms with Gasteiger partial charge in [0.1, 0.15) is 25.4 Å². The second-order valence-corrected chi connectivity index (χ2v) is 24.1. The number of ether oxygens (including phenoxy) is 3. The number of carbonyl (C=O) groups is 3. The first-order chi connectivity index (χ1) is 42.2. The third kappa shape index (κ3) is 63.1. The summed E-state index contributed by atoms with van der Waals surface area (Å²) in [5, 5.41) is 20.5. The lowest BCUT2D eigenvalue weighted by atomic mass is 10.1. The molecule has 0 saturated carbocycles. The van der Waals surface area contributed by atoms with Crippen molar-refractivity contribution < 1.29 is 75.8 Å². The molecule has 0 aromatic heterocycles. The van der Waals surface area contributed by atoms with Crippen molar-refractivity contribution in [3.05, 3.63) is 134 Å². The Hall–Kier alpha value is -4.31. The summed E-state index contributed by atoms with van der Waals surface area (Å²) in [5.41, 5.74) is 0. The molecule has 0 aromatic carbocycles. The lowest BCUT2D eigenvalue weighted by Crippen LogP contribution is -2.30. The zero-order valence-corrected chi connectivity index (χ0v) is 55.2. The molecule has 5 atom stereocenters. The Labute approximate surface area is 525 Å². The van der Waals surface area contributed by atoms with Crippen molar-refractivity contribution in [2.45, 2.75) is 245 Å². The van der Waals surface area contributed by atoms with Crippen molar-refractivity contribution in [2.75, 3.05) is 39.6 Å². The molecule has 0 amide bonds. The SMILES string of the molecule is CC/C=C\C/C=C\C/C=C\C/C=C\C/C=C\C/C=C\CCCCC(=O)OCC(O)COP(=O)(O)OCC(O)COP(=O)(O)OCC(COC(=O)CCCCCCCCC/C=C\C/C=C\C/C=C\CC)OC(=O)CCCCCCC/C=C\C/C=C\CCC. The number of esters is 3. The van der Waals surface area contributed by atoms with Crippen LogP contribution in [-0.2, 0) is 55.8 Å². The molecule has 0 aliphatic heterocycles. The van der Waals surface area contributed by atoms with E-state index < -0.39 is 91.5 Å². The average molecular weight is 1260 g/mol. The fraction of sp³-hybridized carbons (Fsp3) is 0.638. The number of aliphatic hydroxyl groups is 2. The molecule has 0 fully saturated rings. The topological polar surface area (TPSA) is 231 Å². The van der Waals surface area contributed by atoms with Gasteiger partial charge in [-0.2, -0.15) is 0 Å². The predicted octanol–water partition coefficient (Wildman–Crippen LogP) is 17.6. The van der Waals surface area contributed by atoms with Crippen LogP contribution in [0.3, 0.4) is 0 Å². The van der Waals surface area contributed by atoms with Gasteiger partial charge in [0.25, 0.3) is 0 Å². The van der Waals surface area contributed by atoms with Crippen molar-refractivity contribution >= 4 is 33.6 Å². The molecule has 0 aromatic rings. The third-order valence-corrected chi connectivity index (χ3v) is 14.7. The molecule has 496 valence electrons. The predicted molar refractivity (Wildman–Crippen MR) is 353 cm³/mol. The minimum absolute atomic E-state index is 0.0812. The maximum absolute atomic E-state index is 12.9. The van der Waals surface area contributed by atoms with E-state index in [0.717, 1.165) is 167 Å². The number of hydrogen-bond acceptors (Lipinski definition) is 14. The van der Waals surface area contributed by atoms with Crippen LogP contribution >= 0.6 is 15.6 Å². The summed E-state index contributed by atoms with van der Waals surface area (Å²) < 4.78 is 60.7. The highest BCUT2D eigenvalue weighted by Gasteiger charge is 2.29. The quantitative estimate of drug-likeness (QED) is 0.0146. The maximum Gasteiger partial charge on any atom is 0.472 e. The van der Waals surface area contributed by atoms with E-state index in [0.29, 0.717) is 19.3 Å². The number of allylic oxidation sites excluding steroid dienone is 22. The molecule has 0 radical (unpaired) electrons. The van der Waals surface area contributed by atoms with Crippen LogP contribution < -0.4 is 0 Å². The summed E-state index contributed by atoms with van der Waals surface area (Å²) >= 11 is 0. The Morgan fingerprint density at radius 2 is 0.609 bits per heavy atom. The third-order valence-electron chi connectivity index (χ3n) is 12.8. The van der Waals surface area contributed by atoms with Gasteiger partial charge in [0.15, 0.2) is 6.10 Å². The van der Waals surface area contributed by atoms with E-state index >= 15 is 0 Å². The number of rotatable bonds is 60. The first-order valence-corrected chi connectivity index (χ1v) is 35.5. The van der Waals surface area contributed by atoms with E-state index in [1.165, 1.54) is 0 Å². The van der Waals surface area contributed by atoms with Crippen molar-refractivity contribution in [1.82, 2.24) is 0 Å². The van der Waals surface area contributed by atoms with E-state index in [1.807, 2.05) is 0 Å². The number of phosphoric acid groups is 2. The summed E-state index contributed by atoms with van der Waals surface area (Å²) in [6.45, 7) is 2.26. The van der Waals surface area contributed by atoms with Gasteiger partial charge in [-0.1, -0.05) is 212 Å². The summed E-state index contributed by atoms with van der Waals surface area (Å²) in [5.74, 6) is -1.65. The zero-order chi connectivity index (χ0) is 63.8.